The van der Waals surface area contributed by atoms with Crippen molar-refractivity contribution in [2.24, 2.45) is 17.8 Å². The summed E-state index contributed by atoms with van der Waals surface area (Å²) in [6.45, 7) is 0. The highest BCUT2D eigenvalue weighted by atomic mass is 32.2. The molecular formula is C14H21F3OS. The summed E-state index contributed by atoms with van der Waals surface area (Å²) in [6.07, 6.45) is 0.0863. The SMILES string of the molecule is O=C(CC1CCSCC1)C1CCCCC1C(F)(F)F. The molecule has 110 valence electrons. The molecular weight excluding hydrogens is 273 g/mol. The van der Waals surface area contributed by atoms with Crippen LogP contribution in [0.4, 0.5) is 13.2 Å². The van der Waals surface area contributed by atoms with E-state index in [0.717, 1.165) is 30.8 Å². The lowest BCUT2D eigenvalue weighted by Gasteiger charge is -2.33. The van der Waals surface area contributed by atoms with Crippen molar-refractivity contribution in [1.29, 1.82) is 0 Å². The van der Waals surface area contributed by atoms with Gasteiger partial charge in [-0.05, 0) is 43.1 Å². The Bertz CT molecular complexity index is 310. The smallest absolute Gasteiger partial charge is 0.299 e. The number of thioether (sulfide) groups is 1. The average molecular weight is 294 g/mol. The molecule has 2 rings (SSSR count). The van der Waals surface area contributed by atoms with E-state index in [1.165, 1.54) is 0 Å². The standard InChI is InChI=1S/C14H21F3OS/c15-14(16,17)12-4-2-1-3-11(12)13(18)9-10-5-7-19-8-6-10/h10-12H,1-9H2. The Balaban J connectivity index is 1.95. The van der Waals surface area contributed by atoms with E-state index in [9.17, 15) is 18.0 Å². The highest BCUT2D eigenvalue weighted by Gasteiger charge is 2.47. The molecule has 0 bridgehead atoms. The minimum Gasteiger partial charge on any atom is -0.299 e. The lowest BCUT2D eigenvalue weighted by Crippen LogP contribution is -2.38. The minimum absolute atomic E-state index is 0.126. The van der Waals surface area contributed by atoms with Crippen LogP contribution in [0.5, 0.6) is 0 Å². The van der Waals surface area contributed by atoms with Crippen molar-refractivity contribution in [3.05, 3.63) is 0 Å². The molecule has 0 radical (unpaired) electrons. The Labute approximate surface area is 116 Å². The molecule has 1 saturated heterocycles. The zero-order valence-corrected chi connectivity index (χ0v) is 11.9. The summed E-state index contributed by atoms with van der Waals surface area (Å²) in [6, 6.07) is 0. The number of rotatable bonds is 3. The monoisotopic (exact) mass is 294 g/mol. The predicted octanol–water partition coefficient (Wildman–Crippen LogP) is 4.46. The van der Waals surface area contributed by atoms with Crippen LogP contribution >= 0.6 is 11.8 Å². The van der Waals surface area contributed by atoms with Gasteiger partial charge in [-0.15, -0.1) is 0 Å². The molecule has 0 aromatic heterocycles. The van der Waals surface area contributed by atoms with E-state index in [4.69, 9.17) is 0 Å². The van der Waals surface area contributed by atoms with Gasteiger partial charge >= 0.3 is 6.18 Å². The van der Waals surface area contributed by atoms with Gasteiger partial charge < -0.3 is 0 Å². The minimum atomic E-state index is -4.21. The largest absolute Gasteiger partial charge is 0.392 e. The molecule has 5 heteroatoms. The van der Waals surface area contributed by atoms with Crippen LogP contribution in [0.2, 0.25) is 0 Å². The molecule has 0 aromatic rings. The first kappa shape index (κ1) is 15.2. The van der Waals surface area contributed by atoms with E-state index in [2.05, 4.69) is 0 Å². The van der Waals surface area contributed by atoms with Gasteiger partial charge in [-0.25, -0.2) is 0 Å². The van der Waals surface area contributed by atoms with Gasteiger partial charge in [0.25, 0.3) is 0 Å². The predicted molar refractivity (Wildman–Crippen MR) is 71.2 cm³/mol. The van der Waals surface area contributed by atoms with E-state index in [0.29, 0.717) is 25.2 Å². The summed E-state index contributed by atoms with van der Waals surface area (Å²) in [4.78, 5) is 12.2. The third-order valence-corrected chi connectivity index (χ3v) is 5.48. The number of Topliss-reactive ketones (excluding diaryl/α,β-unsaturated/α-hetero) is 1. The van der Waals surface area contributed by atoms with E-state index < -0.39 is 18.0 Å². The van der Waals surface area contributed by atoms with Crippen LogP contribution in [-0.4, -0.2) is 23.5 Å². The average Bonchev–Trinajstić information content (AvgIpc) is 2.39. The summed E-state index contributed by atoms with van der Waals surface area (Å²) in [5, 5.41) is 0. The zero-order chi connectivity index (χ0) is 13.9. The maximum Gasteiger partial charge on any atom is 0.392 e. The fourth-order valence-electron chi connectivity index (χ4n) is 3.29. The van der Waals surface area contributed by atoms with Crippen LogP contribution in [0.3, 0.4) is 0 Å². The Morgan fingerprint density at radius 3 is 2.32 bits per heavy atom. The summed E-state index contributed by atoms with van der Waals surface area (Å²) < 4.78 is 38.9. The first-order valence-corrected chi connectivity index (χ1v) is 8.31. The molecule has 2 atom stereocenters. The third kappa shape index (κ3) is 4.14. The van der Waals surface area contributed by atoms with Crippen LogP contribution in [0.15, 0.2) is 0 Å². The molecule has 2 aliphatic rings. The molecule has 0 aromatic carbocycles. The van der Waals surface area contributed by atoms with Crippen LogP contribution in [0.1, 0.15) is 44.9 Å². The van der Waals surface area contributed by atoms with Gasteiger partial charge in [0.05, 0.1) is 5.92 Å². The maximum atomic E-state index is 13.0. The lowest BCUT2D eigenvalue weighted by atomic mass is 9.74. The van der Waals surface area contributed by atoms with Crippen LogP contribution in [0, 0.1) is 17.8 Å². The first-order valence-electron chi connectivity index (χ1n) is 7.15. The van der Waals surface area contributed by atoms with Gasteiger partial charge in [0.1, 0.15) is 5.78 Å². The summed E-state index contributed by atoms with van der Waals surface area (Å²) in [5.41, 5.74) is 0. The Morgan fingerprint density at radius 2 is 1.68 bits per heavy atom. The van der Waals surface area contributed by atoms with E-state index >= 15 is 0 Å². The van der Waals surface area contributed by atoms with Crippen LogP contribution in [-0.2, 0) is 4.79 Å². The van der Waals surface area contributed by atoms with Crippen molar-refractivity contribution in [2.45, 2.75) is 51.1 Å². The van der Waals surface area contributed by atoms with Crippen molar-refractivity contribution < 1.29 is 18.0 Å². The number of carbonyl (C=O) groups excluding carboxylic acids is 1. The highest BCUT2D eigenvalue weighted by molar-refractivity contribution is 7.99. The van der Waals surface area contributed by atoms with Crippen molar-refractivity contribution in [3.63, 3.8) is 0 Å². The molecule has 2 fully saturated rings. The van der Waals surface area contributed by atoms with E-state index in [1.807, 2.05) is 11.8 Å². The van der Waals surface area contributed by atoms with Crippen molar-refractivity contribution in [1.82, 2.24) is 0 Å². The number of ketones is 1. The second-order valence-corrected chi connectivity index (χ2v) is 6.99. The van der Waals surface area contributed by atoms with Gasteiger partial charge in [-0.1, -0.05) is 12.8 Å². The molecule has 2 unspecified atom stereocenters. The van der Waals surface area contributed by atoms with Crippen LogP contribution in [0.25, 0.3) is 0 Å². The number of halogens is 3. The lowest BCUT2D eigenvalue weighted by molar-refractivity contribution is -0.197. The summed E-state index contributed by atoms with van der Waals surface area (Å²) >= 11 is 1.87. The molecule has 19 heavy (non-hydrogen) atoms. The number of alkyl halides is 3. The van der Waals surface area contributed by atoms with Gasteiger partial charge in [-0.3, -0.25) is 4.79 Å². The first-order chi connectivity index (χ1) is 8.98. The summed E-state index contributed by atoms with van der Waals surface area (Å²) in [5.74, 6) is 0.148. The van der Waals surface area contributed by atoms with Gasteiger partial charge in [0.2, 0.25) is 0 Å². The van der Waals surface area contributed by atoms with Gasteiger partial charge in [0, 0.05) is 12.3 Å². The maximum absolute atomic E-state index is 13.0. The molecule has 0 spiro atoms. The molecule has 1 aliphatic carbocycles. The fourth-order valence-corrected chi connectivity index (χ4v) is 4.50. The fraction of sp³-hybridized carbons (Fsp3) is 0.929. The van der Waals surface area contributed by atoms with Gasteiger partial charge in [-0.2, -0.15) is 24.9 Å². The van der Waals surface area contributed by atoms with E-state index in [1.54, 1.807) is 0 Å². The van der Waals surface area contributed by atoms with E-state index in [-0.39, 0.29) is 12.2 Å². The molecule has 1 saturated carbocycles. The quantitative estimate of drug-likeness (QED) is 0.764. The van der Waals surface area contributed by atoms with Crippen molar-refractivity contribution in [2.75, 3.05) is 11.5 Å². The Morgan fingerprint density at radius 1 is 1.05 bits per heavy atom. The van der Waals surface area contributed by atoms with Crippen molar-refractivity contribution >= 4 is 17.5 Å². The molecule has 0 N–H and O–H groups in total. The molecule has 1 nitrogen and oxygen atoms in total. The highest BCUT2D eigenvalue weighted by Crippen LogP contribution is 2.43. The summed E-state index contributed by atoms with van der Waals surface area (Å²) in [7, 11) is 0. The zero-order valence-electron chi connectivity index (χ0n) is 11.0. The van der Waals surface area contributed by atoms with Crippen LogP contribution < -0.4 is 0 Å². The number of hydrogen-bond donors (Lipinski definition) is 0. The Hall–Kier alpha value is -0.190. The second kappa shape index (κ2) is 6.51. The second-order valence-electron chi connectivity index (χ2n) is 5.77. The topological polar surface area (TPSA) is 17.1 Å². The molecule has 0 amide bonds. The Kier molecular flexibility index (Phi) is 5.21. The third-order valence-electron chi connectivity index (χ3n) is 4.43. The number of hydrogen-bond acceptors (Lipinski definition) is 2. The normalized spacial score (nSPS) is 30.3. The molecule has 1 heterocycles. The number of carbonyl (C=O) groups is 1. The van der Waals surface area contributed by atoms with Gasteiger partial charge in [0.15, 0.2) is 0 Å². The van der Waals surface area contributed by atoms with Crippen molar-refractivity contribution in [3.8, 4) is 0 Å². The molecule has 1 aliphatic heterocycles.